The predicted molar refractivity (Wildman–Crippen MR) is 88.6 cm³/mol. The van der Waals surface area contributed by atoms with Gasteiger partial charge in [-0.1, -0.05) is 15.9 Å². The second kappa shape index (κ2) is 6.27. The molecule has 0 saturated carbocycles. The Morgan fingerprint density at radius 3 is 2.43 bits per heavy atom. The van der Waals surface area contributed by atoms with Crippen molar-refractivity contribution in [2.75, 3.05) is 24.6 Å². The Balaban J connectivity index is 2.41. The van der Waals surface area contributed by atoms with Gasteiger partial charge < -0.3 is 0 Å². The SMILES string of the molecule is Cc1cc(Br)c(S(=O)(=O)N2CCCS(=O)(=O)CC2)cc1Br. The maximum Gasteiger partial charge on any atom is 0.244 e. The van der Waals surface area contributed by atoms with Crippen LogP contribution in [0.25, 0.3) is 0 Å². The molecule has 0 radical (unpaired) electrons. The number of hydrogen-bond acceptors (Lipinski definition) is 4. The molecule has 0 amide bonds. The fourth-order valence-corrected chi connectivity index (χ4v) is 6.63. The van der Waals surface area contributed by atoms with Crippen molar-refractivity contribution in [1.29, 1.82) is 0 Å². The van der Waals surface area contributed by atoms with Crippen molar-refractivity contribution in [3.63, 3.8) is 0 Å². The van der Waals surface area contributed by atoms with E-state index in [4.69, 9.17) is 0 Å². The van der Waals surface area contributed by atoms with Crippen LogP contribution in [-0.4, -0.2) is 45.7 Å². The summed E-state index contributed by atoms with van der Waals surface area (Å²) in [7, 11) is -6.86. The molecule has 2 rings (SSSR count). The van der Waals surface area contributed by atoms with E-state index in [0.29, 0.717) is 15.4 Å². The van der Waals surface area contributed by atoms with E-state index >= 15 is 0 Å². The first-order valence-electron chi connectivity index (χ1n) is 6.30. The van der Waals surface area contributed by atoms with Gasteiger partial charge in [0.2, 0.25) is 10.0 Å². The predicted octanol–water partition coefficient (Wildman–Crippen LogP) is 2.33. The number of sulfone groups is 1. The number of hydrogen-bond donors (Lipinski definition) is 0. The second-order valence-electron chi connectivity index (χ2n) is 4.94. The van der Waals surface area contributed by atoms with Gasteiger partial charge in [-0.2, -0.15) is 4.31 Å². The topological polar surface area (TPSA) is 71.5 Å². The molecule has 1 aliphatic rings. The molecule has 1 saturated heterocycles. The van der Waals surface area contributed by atoms with Crippen LogP contribution >= 0.6 is 31.9 Å². The van der Waals surface area contributed by atoms with Gasteiger partial charge in [-0.3, -0.25) is 0 Å². The summed E-state index contributed by atoms with van der Waals surface area (Å²) in [5.41, 5.74) is 0.916. The maximum absolute atomic E-state index is 12.7. The van der Waals surface area contributed by atoms with E-state index in [-0.39, 0.29) is 29.5 Å². The first-order valence-corrected chi connectivity index (χ1v) is 11.1. The highest BCUT2D eigenvalue weighted by atomic mass is 79.9. The maximum atomic E-state index is 12.7. The van der Waals surface area contributed by atoms with Crippen molar-refractivity contribution in [1.82, 2.24) is 4.31 Å². The summed E-state index contributed by atoms with van der Waals surface area (Å²) in [4.78, 5) is 0.152. The van der Waals surface area contributed by atoms with Crippen LogP contribution in [0.15, 0.2) is 26.0 Å². The number of benzene rings is 1. The molecule has 0 bridgehead atoms. The molecule has 1 aromatic rings. The van der Waals surface area contributed by atoms with Crippen molar-refractivity contribution < 1.29 is 16.8 Å². The molecule has 118 valence electrons. The van der Waals surface area contributed by atoms with Crippen LogP contribution in [0.4, 0.5) is 0 Å². The number of halogens is 2. The van der Waals surface area contributed by atoms with E-state index in [2.05, 4.69) is 31.9 Å². The van der Waals surface area contributed by atoms with Crippen molar-refractivity contribution >= 4 is 51.7 Å². The normalized spacial score (nSPS) is 20.1. The van der Waals surface area contributed by atoms with Gasteiger partial charge in [0.05, 0.1) is 16.4 Å². The number of sulfonamides is 1. The molecule has 1 aromatic carbocycles. The third-order valence-corrected chi connectivity index (χ3v) is 8.77. The van der Waals surface area contributed by atoms with Crippen LogP contribution in [0.2, 0.25) is 0 Å². The summed E-state index contributed by atoms with van der Waals surface area (Å²) in [5.74, 6) is -0.0886. The molecule has 1 fully saturated rings. The molecule has 0 unspecified atom stereocenters. The van der Waals surface area contributed by atoms with Gasteiger partial charge in [0, 0.05) is 22.0 Å². The standard InChI is InChI=1S/C12H15Br2NO4S2/c1-9-7-11(14)12(8-10(9)13)21(18,19)15-3-2-5-20(16,17)6-4-15/h7-8H,2-6H2,1H3. The van der Waals surface area contributed by atoms with Crippen molar-refractivity contribution in [2.24, 2.45) is 0 Å². The highest BCUT2D eigenvalue weighted by Gasteiger charge is 2.30. The summed E-state index contributed by atoms with van der Waals surface area (Å²) in [6, 6.07) is 3.28. The lowest BCUT2D eigenvalue weighted by atomic mass is 10.2. The molecular formula is C12H15Br2NO4S2. The lowest BCUT2D eigenvalue weighted by Gasteiger charge is -2.20. The van der Waals surface area contributed by atoms with Gasteiger partial charge in [-0.05, 0) is 47.0 Å². The highest BCUT2D eigenvalue weighted by Crippen LogP contribution is 2.31. The third kappa shape index (κ3) is 3.87. The molecule has 0 aliphatic carbocycles. The molecular weight excluding hydrogens is 446 g/mol. The average Bonchev–Trinajstić information content (AvgIpc) is 2.55. The zero-order chi connectivity index (χ0) is 15.8. The van der Waals surface area contributed by atoms with E-state index in [9.17, 15) is 16.8 Å². The van der Waals surface area contributed by atoms with Crippen LogP contribution in [0.5, 0.6) is 0 Å². The van der Waals surface area contributed by atoms with Gasteiger partial charge in [0.25, 0.3) is 0 Å². The molecule has 0 atom stereocenters. The van der Waals surface area contributed by atoms with E-state index in [1.54, 1.807) is 12.1 Å². The van der Waals surface area contributed by atoms with Gasteiger partial charge in [-0.25, -0.2) is 16.8 Å². The van der Waals surface area contributed by atoms with Gasteiger partial charge >= 0.3 is 0 Å². The molecule has 1 aliphatic heterocycles. The lowest BCUT2D eigenvalue weighted by molar-refractivity contribution is 0.434. The van der Waals surface area contributed by atoms with Gasteiger partial charge in [0.15, 0.2) is 9.84 Å². The summed E-state index contributed by atoms with van der Waals surface area (Å²) in [5, 5.41) is 0. The molecule has 1 heterocycles. The van der Waals surface area contributed by atoms with Crippen LogP contribution in [0.3, 0.4) is 0 Å². The summed E-state index contributed by atoms with van der Waals surface area (Å²) in [6.07, 6.45) is 0.326. The molecule has 21 heavy (non-hydrogen) atoms. The van der Waals surface area contributed by atoms with E-state index in [1.807, 2.05) is 6.92 Å². The van der Waals surface area contributed by atoms with E-state index in [0.717, 1.165) is 5.56 Å². The molecule has 0 aromatic heterocycles. The number of rotatable bonds is 2. The average molecular weight is 461 g/mol. The van der Waals surface area contributed by atoms with Crippen molar-refractivity contribution in [3.05, 3.63) is 26.6 Å². The zero-order valence-corrected chi connectivity index (χ0v) is 16.1. The monoisotopic (exact) mass is 459 g/mol. The van der Waals surface area contributed by atoms with Crippen LogP contribution in [-0.2, 0) is 19.9 Å². The van der Waals surface area contributed by atoms with Crippen LogP contribution < -0.4 is 0 Å². The summed E-state index contributed by atoms with van der Waals surface area (Å²) in [6.45, 7) is 2.09. The summed E-state index contributed by atoms with van der Waals surface area (Å²) >= 11 is 6.61. The molecule has 5 nitrogen and oxygen atoms in total. The molecule has 0 N–H and O–H groups in total. The third-order valence-electron chi connectivity index (χ3n) is 3.35. The minimum atomic E-state index is -3.71. The smallest absolute Gasteiger partial charge is 0.229 e. The van der Waals surface area contributed by atoms with Crippen molar-refractivity contribution in [3.8, 4) is 0 Å². The summed E-state index contributed by atoms with van der Waals surface area (Å²) < 4.78 is 51.1. The Bertz CT molecular complexity index is 760. The molecule has 0 spiro atoms. The number of aryl methyl sites for hydroxylation is 1. The Morgan fingerprint density at radius 1 is 1.10 bits per heavy atom. The largest absolute Gasteiger partial charge is 0.244 e. The number of nitrogens with zero attached hydrogens (tertiary/aromatic N) is 1. The first-order chi connectivity index (χ1) is 9.63. The van der Waals surface area contributed by atoms with Crippen LogP contribution in [0, 0.1) is 6.92 Å². The Labute approximate surface area is 141 Å². The first kappa shape index (κ1) is 17.4. The lowest BCUT2D eigenvalue weighted by Crippen LogP contribution is -2.33. The van der Waals surface area contributed by atoms with Gasteiger partial charge in [0.1, 0.15) is 0 Å². The van der Waals surface area contributed by atoms with Gasteiger partial charge in [-0.15, -0.1) is 0 Å². The van der Waals surface area contributed by atoms with Crippen molar-refractivity contribution in [2.45, 2.75) is 18.2 Å². The van der Waals surface area contributed by atoms with Crippen LogP contribution in [0.1, 0.15) is 12.0 Å². The minimum Gasteiger partial charge on any atom is -0.229 e. The second-order valence-corrected chi connectivity index (χ2v) is 10.9. The van der Waals surface area contributed by atoms with E-state index in [1.165, 1.54) is 4.31 Å². The van der Waals surface area contributed by atoms with E-state index < -0.39 is 19.9 Å². The Morgan fingerprint density at radius 2 is 1.76 bits per heavy atom. The quantitative estimate of drug-likeness (QED) is 0.678. The molecule has 9 heteroatoms. The Kier molecular flexibility index (Phi) is 5.19. The highest BCUT2D eigenvalue weighted by molar-refractivity contribution is 9.11. The zero-order valence-electron chi connectivity index (χ0n) is 11.3. The Hall–Kier alpha value is 0.0400. The fraction of sp³-hybridized carbons (Fsp3) is 0.500. The minimum absolute atomic E-state index is 0.00258. The fourth-order valence-electron chi connectivity index (χ4n) is 2.12.